The molecule has 1 saturated heterocycles. The van der Waals surface area contributed by atoms with Gasteiger partial charge in [-0.1, -0.05) is 25.4 Å². The van der Waals surface area contributed by atoms with E-state index in [-0.39, 0.29) is 24.6 Å². The van der Waals surface area contributed by atoms with Gasteiger partial charge in [-0.3, -0.25) is 14.4 Å². The molecule has 1 fully saturated rings. The smallest absolute Gasteiger partial charge is 0.325 e. The second kappa shape index (κ2) is 8.55. The number of fused-ring (bicyclic) bond motifs is 2. The zero-order chi connectivity index (χ0) is 21.2. The maximum absolute atomic E-state index is 13.4. The first-order valence-corrected chi connectivity index (χ1v) is 9.94. The summed E-state index contributed by atoms with van der Waals surface area (Å²) < 4.78 is 10.4. The van der Waals surface area contributed by atoms with Crippen LogP contribution >= 0.6 is 11.6 Å². The number of aliphatic hydroxyl groups is 1. The minimum absolute atomic E-state index is 0.165. The molecule has 3 rings (SSSR count). The van der Waals surface area contributed by atoms with Gasteiger partial charge in [0, 0.05) is 23.8 Å². The Hall–Kier alpha value is -2.38. The van der Waals surface area contributed by atoms with E-state index in [1.54, 1.807) is 18.2 Å². The van der Waals surface area contributed by atoms with Gasteiger partial charge >= 0.3 is 5.97 Å². The molecule has 0 atom stereocenters. The van der Waals surface area contributed by atoms with Crippen LogP contribution in [-0.4, -0.2) is 49.1 Å². The topological polar surface area (TPSA) is 102 Å². The third-order valence-electron chi connectivity index (χ3n) is 5.20. The van der Waals surface area contributed by atoms with Crippen LogP contribution in [0.5, 0.6) is 0 Å². The normalized spacial score (nSPS) is 18.0. The van der Waals surface area contributed by atoms with Gasteiger partial charge < -0.3 is 19.9 Å². The van der Waals surface area contributed by atoms with Crippen molar-refractivity contribution in [1.29, 1.82) is 0 Å². The van der Waals surface area contributed by atoms with E-state index in [0.29, 0.717) is 42.2 Å². The van der Waals surface area contributed by atoms with Crippen molar-refractivity contribution < 1.29 is 29.0 Å². The van der Waals surface area contributed by atoms with Crippen molar-refractivity contribution in [2.45, 2.75) is 32.1 Å². The second-order valence-corrected chi connectivity index (χ2v) is 8.13. The molecular formula is C21H24ClNO6. The number of hydrogen-bond acceptors (Lipinski definition) is 6. The highest BCUT2D eigenvalue weighted by atomic mass is 35.5. The highest BCUT2D eigenvalue weighted by Gasteiger charge is 2.50. The van der Waals surface area contributed by atoms with Crippen LogP contribution < -0.4 is 5.32 Å². The van der Waals surface area contributed by atoms with E-state index >= 15 is 0 Å². The fourth-order valence-electron chi connectivity index (χ4n) is 3.70. The highest BCUT2D eigenvalue weighted by molar-refractivity contribution is 6.32. The third kappa shape index (κ3) is 4.16. The number of ether oxygens (including phenoxy) is 2. The van der Waals surface area contributed by atoms with Crippen molar-refractivity contribution in [2.75, 3.05) is 26.4 Å². The van der Waals surface area contributed by atoms with Crippen LogP contribution in [0.2, 0.25) is 5.02 Å². The summed E-state index contributed by atoms with van der Waals surface area (Å²) in [5.41, 5.74) is -0.347. The molecule has 0 unspecified atom stereocenters. The van der Waals surface area contributed by atoms with Gasteiger partial charge in [-0.15, -0.1) is 0 Å². The van der Waals surface area contributed by atoms with Gasteiger partial charge in [0.25, 0.3) is 5.91 Å². The minimum Gasteiger partial charge on any atom is -0.506 e. The van der Waals surface area contributed by atoms with Crippen molar-refractivity contribution in [2.24, 2.45) is 5.92 Å². The summed E-state index contributed by atoms with van der Waals surface area (Å²) in [6.45, 7) is 4.35. The fourth-order valence-corrected chi connectivity index (χ4v) is 3.87. The number of carbonyl (C=O) groups excluding carboxylic acids is 3. The number of aliphatic hydroxyl groups excluding tert-OH is 1. The average Bonchev–Trinajstić information content (AvgIpc) is 2.70. The van der Waals surface area contributed by atoms with Gasteiger partial charge in [0.1, 0.15) is 17.9 Å². The first-order valence-electron chi connectivity index (χ1n) is 9.56. The molecule has 0 bridgehead atoms. The van der Waals surface area contributed by atoms with Crippen LogP contribution in [0.3, 0.4) is 0 Å². The van der Waals surface area contributed by atoms with E-state index in [1.165, 1.54) is 0 Å². The number of nitrogens with one attached hydrogen (secondary N) is 1. The molecule has 0 saturated carbocycles. The number of carbonyl (C=O) groups is 3. The van der Waals surface area contributed by atoms with Gasteiger partial charge in [-0.2, -0.15) is 0 Å². The van der Waals surface area contributed by atoms with Crippen molar-refractivity contribution in [3.05, 3.63) is 39.9 Å². The number of halogens is 1. The highest BCUT2D eigenvalue weighted by Crippen LogP contribution is 2.46. The Kier molecular flexibility index (Phi) is 6.29. The van der Waals surface area contributed by atoms with Gasteiger partial charge in [0.05, 0.1) is 12.0 Å². The SMILES string of the molecule is CC(C)COC(=O)CNC(=O)C1=C(O)c2ccc(Cl)cc2C2(CCOCC2)C1=O. The molecule has 1 heterocycles. The molecule has 1 spiro atoms. The first-order chi connectivity index (χ1) is 13.8. The van der Waals surface area contributed by atoms with Crippen LogP contribution in [-0.2, 0) is 29.3 Å². The lowest BCUT2D eigenvalue weighted by Gasteiger charge is -2.40. The lowest BCUT2D eigenvalue weighted by molar-refractivity contribution is -0.145. The largest absolute Gasteiger partial charge is 0.506 e. The second-order valence-electron chi connectivity index (χ2n) is 7.70. The molecule has 0 aromatic heterocycles. The fraction of sp³-hybridized carbons (Fsp3) is 0.476. The molecular weight excluding hydrogens is 398 g/mol. The van der Waals surface area contributed by atoms with E-state index < -0.39 is 28.8 Å². The molecule has 1 aromatic carbocycles. The number of rotatable bonds is 5. The molecule has 1 aliphatic carbocycles. The molecule has 1 aromatic rings. The first kappa shape index (κ1) is 21.3. The molecule has 0 radical (unpaired) electrons. The molecule has 7 nitrogen and oxygen atoms in total. The van der Waals surface area contributed by atoms with Gasteiger partial charge in [0.2, 0.25) is 0 Å². The molecule has 8 heteroatoms. The van der Waals surface area contributed by atoms with E-state index in [1.807, 2.05) is 13.8 Å². The lowest BCUT2D eigenvalue weighted by Crippen LogP contribution is -2.48. The van der Waals surface area contributed by atoms with Crippen LogP contribution in [0.1, 0.15) is 37.8 Å². The van der Waals surface area contributed by atoms with Gasteiger partial charge in [-0.05, 0) is 42.5 Å². The summed E-state index contributed by atoms with van der Waals surface area (Å²) in [7, 11) is 0. The molecule has 156 valence electrons. The maximum atomic E-state index is 13.4. The zero-order valence-corrected chi connectivity index (χ0v) is 17.2. The van der Waals surface area contributed by atoms with E-state index in [9.17, 15) is 19.5 Å². The number of benzene rings is 1. The Morgan fingerprint density at radius 2 is 2.00 bits per heavy atom. The molecule has 1 amide bonds. The minimum atomic E-state index is -0.991. The summed E-state index contributed by atoms with van der Waals surface area (Å²) in [5, 5.41) is 13.5. The predicted octanol–water partition coefficient (Wildman–Crippen LogP) is 2.56. The third-order valence-corrected chi connectivity index (χ3v) is 5.43. The maximum Gasteiger partial charge on any atom is 0.325 e. The van der Waals surface area contributed by atoms with Crippen LogP contribution in [0, 0.1) is 5.92 Å². The quantitative estimate of drug-likeness (QED) is 0.559. The van der Waals surface area contributed by atoms with E-state index in [4.69, 9.17) is 21.1 Å². The Bertz CT molecular complexity index is 870. The summed E-state index contributed by atoms with van der Waals surface area (Å²) in [5.74, 6) is -2.14. The van der Waals surface area contributed by atoms with E-state index in [2.05, 4.69) is 5.32 Å². The summed E-state index contributed by atoms with van der Waals surface area (Å²) in [4.78, 5) is 37.9. The number of hydrogen-bond donors (Lipinski definition) is 2. The Morgan fingerprint density at radius 1 is 1.31 bits per heavy atom. The molecule has 2 aliphatic rings. The van der Waals surface area contributed by atoms with Crippen LogP contribution in [0.15, 0.2) is 23.8 Å². The van der Waals surface area contributed by atoms with Gasteiger partial charge in [-0.25, -0.2) is 0 Å². The lowest BCUT2D eigenvalue weighted by atomic mass is 9.64. The summed E-state index contributed by atoms with van der Waals surface area (Å²) in [6, 6.07) is 4.85. The van der Waals surface area contributed by atoms with Crippen LogP contribution in [0.25, 0.3) is 5.76 Å². The zero-order valence-electron chi connectivity index (χ0n) is 16.4. The number of esters is 1. The monoisotopic (exact) mass is 421 g/mol. The van der Waals surface area contributed by atoms with Crippen molar-refractivity contribution in [3.63, 3.8) is 0 Å². The number of amides is 1. The van der Waals surface area contributed by atoms with Crippen molar-refractivity contribution >= 4 is 35.0 Å². The van der Waals surface area contributed by atoms with E-state index in [0.717, 1.165) is 0 Å². The predicted molar refractivity (Wildman–Crippen MR) is 107 cm³/mol. The standard InChI is InChI=1S/C21H24ClNO6/c1-12(2)11-29-16(24)10-23-20(27)17-18(25)14-4-3-13(22)9-15(14)21(19(17)26)5-7-28-8-6-21/h3-4,9,12,25H,5-8,10-11H2,1-2H3,(H,23,27). The summed E-state index contributed by atoms with van der Waals surface area (Å²) >= 11 is 6.14. The molecule has 1 aliphatic heterocycles. The molecule has 29 heavy (non-hydrogen) atoms. The van der Waals surface area contributed by atoms with Crippen molar-refractivity contribution in [3.8, 4) is 0 Å². The Morgan fingerprint density at radius 3 is 2.66 bits per heavy atom. The van der Waals surface area contributed by atoms with Gasteiger partial charge in [0.15, 0.2) is 5.78 Å². The number of ketones is 1. The summed E-state index contributed by atoms with van der Waals surface area (Å²) in [6.07, 6.45) is 0.749. The molecule has 2 N–H and O–H groups in total. The average molecular weight is 422 g/mol. The number of Topliss-reactive ketones (excluding diaryl/α,β-unsaturated/α-hetero) is 1. The Labute approximate surface area is 174 Å². The van der Waals surface area contributed by atoms with Crippen molar-refractivity contribution in [1.82, 2.24) is 5.32 Å². The Balaban J connectivity index is 1.90. The van der Waals surface area contributed by atoms with Crippen LogP contribution in [0.4, 0.5) is 0 Å².